The first kappa shape index (κ1) is 11.5. The molecule has 4 heteroatoms. The molecule has 0 aromatic heterocycles. The van der Waals surface area contributed by atoms with Crippen molar-refractivity contribution in [2.75, 3.05) is 18.1 Å². The van der Waals surface area contributed by atoms with Crippen LogP contribution in [0.3, 0.4) is 0 Å². The number of anilines is 1. The molecule has 0 saturated carbocycles. The summed E-state index contributed by atoms with van der Waals surface area (Å²) >= 11 is 3.45. The van der Waals surface area contributed by atoms with Gasteiger partial charge in [-0.15, -0.1) is 0 Å². The number of cyclic esters (lactones) is 1. The molecule has 1 aromatic carbocycles. The Hall–Kier alpha value is -1.03. The topological polar surface area (TPSA) is 29.5 Å². The highest BCUT2D eigenvalue weighted by atomic mass is 79.9. The lowest BCUT2D eigenvalue weighted by molar-refractivity contribution is 0.140. The second-order valence-electron chi connectivity index (χ2n) is 4.01. The minimum Gasteiger partial charge on any atom is -0.449 e. The van der Waals surface area contributed by atoms with Gasteiger partial charge in [0.05, 0.1) is 12.3 Å². The SMILES string of the molecule is Cc1cc(Br)cc(C)c1N1CCCOC1=O. The Labute approximate surface area is 104 Å². The maximum atomic E-state index is 11.7. The van der Waals surface area contributed by atoms with Crippen LogP contribution in [-0.4, -0.2) is 19.2 Å². The highest BCUT2D eigenvalue weighted by molar-refractivity contribution is 9.10. The van der Waals surface area contributed by atoms with Crippen molar-refractivity contribution >= 4 is 27.7 Å². The Bertz CT molecular complexity index is 408. The van der Waals surface area contributed by atoms with Gasteiger partial charge in [-0.3, -0.25) is 4.90 Å². The number of nitrogens with zero attached hydrogens (tertiary/aromatic N) is 1. The van der Waals surface area contributed by atoms with Crippen LogP contribution in [0.1, 0.15) is 17.5 Å². The first-order valence-corrected chi connectivity index (χ1v) is 6.10. The highest BCUT2D eigenvalue weighted by Crippen LogP contribution is 2.30. The molecule has 1 aliphatic rings. The van der Waals surface area contributed by atoms with Gasteiger partial charge in [-0.25, -0.2) is 4.79 Å². The van der Waals surface area contributed by atoms with Crippen LogP contribution < -0.4 is 4.90 Å². The van der Waals surface area contributed by atoms with E-state index in [2.05, 4.69) is 15.9 Å². The zero-order valence-electron chi connectivity index (χ0n) is 9.42. The lowest BCUT2D eigenvalue weighted by atomic mass is 10.1. The molecular weight excluding hydrogens is 270 g/mol. The first-order chi connectivity index (χ1) is 7.59. The third kappa shape index (κ3) is 2.07. The maximum Gasteiger partial charge on any atom is 0.414 e. The molecule has 0 atom stereocenters. The number of carbonyl (C=O) groups is 1. The van der Waals surface area contributed by atoms with E-state index >= 15 is 0 Å². The van der Waals surface area contributed by atoms with Crippen LogP contribution >= 0.6 is 15.9 Å². The van der Waals surface area contributed by atoms with Gasteiger partial charge in [-0.05, 0) is 43.5 Å². The van der Waals surface area contributed by atoms with Crippen molar-refractivity contribution in [3.8, 4) is 0 Å². The molecule has 2 rings (SSSR count). The lowest BCUT2D eigenvalue weighted by Gasteiger charge is -2.29. The van der Waals surface area contributed by atoms with E-state index in [1.807, 2.05) is 26.0 Å². The minimum atomic E-state index is -0.236. The van der Waals surface area contributed by atoms with Crippen molar-refractivity contribution in [3.63, 3.8) is 0 Å². The standard InChI is InChI=1S/C12H14BrNO2/c1-8-6-10(13)7-9(2)11(8)14-4-3-5-16-12(14)15/h6-7H,3-5H2,1-2H3. The summed E-state index contributed by atoms with van der Waals surface area (Å²) in [5.74, 6) is 0. The van der Waals surface area contributed by atoms with E-state index in [1.165, 1.54) is 0 Å². The highest BCUT2D eigenvalue weighted by Gasteiger charge is 2.24. The second kappa shape index (κ2) is 4.45. The summed E-state index contributed by atoms with van der Waals surface area (Å²) in [5, 5.41) is 0. The van der Waals surface area contributed by atoms with E-state index in [1.54, 1.807) is 4.90 Å². The fraction of sp³-hybridized carbons (Fsp3) is 0.417. The lowest BCUT2D eigenvalue weighted by Crippen LogP contribution is -2.38. The van der Waals surface area contributed by atoms with E-state index in [4.69, 9.17) is 4.74 Å². The summed E-state index contributed by atoms with van der Waals surface area (Å²) in [4.78, 5) is 13.4. The van der Waals surface area contributed by atoms with E-state index in [9.17, 15) is 4.79 Å². The Balaban J connectivity index is 2.42. The van der Waals surface area contributed by atoms with Crippen molar-refractivity contribution in [2.24, 2.45) is 0 Å². The van der Waals surface area contributed by atoms with E-state index < -0.39 is 0 Å². The number of rotatable bonds is 1. The number of aryl methyl sites for hydroxylation is 2. The predicted molar refractivity (Wildman–Crippen MR) is 66.9 cm³/mol. The molecule has 86 valence electrons. The van der Waals surface area contributed by atoms with Crippen LogP contribution in [0.4, 0.5) is 10.5 Å². The summed E-state index contributed by atoms with van der Waals surface area (Å²) in [6.07, 6.45) is 0.653. The normalized spacial score (nSPS) is 16.2. The number of carbonyl (C=O) groups excluding carboxylic acids is 1. The smallest absolute Gasteiger partial charge is 0.414 e. The molecular formula is C12H14BrNO2. The first-order valence-electron chi connectivity index (χ1n) is 5.30. The van der Waals surface area contributed by atoms with Gasteiger partial charge in [0.15, 0.2) is 0 Å². The number of hydrogen-bond donors (Lipinski definition) is 0. The summed E-state index contributed by atoms with van der Waals surface area (Å²) in [6.45, 7) is 5.29. The summed E-state index contributed by atoms with van der Waals surface area (Å²) in [7, 11) is 0. The fourth-order valence-corrected chi connectivity index (χ4v) is 2.77. The third-order valence-electron chi connectivity index (χ3n) is 2.70. The third-order valence-corrected chi connectivity index (χ3v) is 3.16. The van der Waals surface area contributed by atoms with Gasteiger partial charge in [0.1, 0.15) is 0 Å². The van der Waals surface area contributed by atoms with Crippen LogP contribution in [0.25, 0.3) is 0 Å². The average Bonchev–Trinajstić information content (AvgIpc) is 2.19. The predicted octanol–water partition coefficient (Wildman–Crippen LogP) is 3.41. The summed E-state index contributed by atoms with van der Waals surface area (Å²) < 4.78 is 6.10. The van der Waals surface area contributed by atoms with Crippen LogP contribution in [0.15, 0.2) is 16.6 Å². The summed E-state index contributed by atoms with van der Waals surface area (Å²) in [6, 6.07) is 4.04. The fourth-order valence-electron chi connectivity index (χ4n) is 2.08. The van der Waals surface area contributed by atoms with Crippen molar-refractivity contribution in [3.05, 3.63) is 27.7 Å². The number of ether oxygens (including phenoxy) is 1. The monoisotopic (exact) mass is 283 g/mol. The number of benzene rings is 1. The van der Waals surface area contributed by atoms with Crippen molar-refractivity contribution in [2.45, 2.75) is 20.3 Å². The van der Waals surface area contributed by atoms with Gasteiger partial charge in [-0.2, -0.15) is 0 Å². The van der Waals surface area contributed by atoms with E-state index in [0.29, 0.717) is 6.61 Å². The zero-order valence-corrected chi connectivity index (χ0v) is 11.0. The zero-order chi connectivity index (χ0) is 11.7. The van der Waals surface area contributed by atoms with E-state index in [0.717, 1.165) is 34.3 Å². The van der Waals surface area contributed by atoms with Gasteiger partial charge in [0.25, 0.3) is 0 Å². The van der Waals surface area contributed by atoms with Crippen molar-refractivity contribution in [1.82, 2.24) is 0 Å². The molecule has 0 unspecified atom stereocenters. The number of hydrogen-bond acceptors (Lipinski definition) is 2. The minimum absolute atomic E-state index is 0.236. The molecule has 1 aliphatic heterocycles. The molecule has 1 heterocycles. The molecule has 0 bridgehead atoms. The van der Waals surface area contributed by atoms with Crippen molar-refractivity contribution < 1.29 is 9.53 Å². The molecule has 1 saturated heterocycles. The van der Waals surface area contributed by atoms with Crippen LogP contribution in [0.2, 0.25) is 0 Å². The van der Waals surface area contributed by atoms with Gasteiger partial charge in [0, 0.05) is 11.0 Å². The Morgan fingerprint density at radius 3 is 2.50 bits per heavy atom. The Kier molecular flexibility index (Phi) is 3.19. The summed E-state index contributed by atoms with van der Waals surface area (Å²) in [5.41, 5.74) is 3.16. The van der Waals surface area contributed by atoms with Gasteiger partial charge in [-0.1, -0.05) is 15.9 Å². The van der Waals surface area contributed by atoms with Crippen LogP contribution in [0.5, 0.6) is 0 Å². The van der Waals surface area contributed by atoms with Gasteiger partial charge in [0.2, 0.25) is 0 Å². The average molecular weight is 284 g/mol. The molecule has 0 aliphatic carbocycles. The molecule has 1 amide bonds. The molecule has 0 spiro atoms. The van der Waals surface area contributed by atoms with Crippen molar-refractivity contribution in [1.29, 1.82) is 0 Å². The van der Waals surface area contributed by atoms with E-state index in [-0.39, 0.29) is 6.09 Å². The Morgan fingerprint density at radius 2 is 1.94 bits per heavy atom. The molecule has 1 fully saturated rings. The van der Waals surface area contributed by atoms with Gasteiger partial charge >= 0.3 is 6.09 Å². The number of amides is 1. The molecule has 3 nitrogen and oxygen atoms in total. The maximum absolute atomic E-state index is 11.7. The largest absolute Gasteiger partial charge is 0.449 e. The second-order valence-corrected chi connectivity index (χ2v) is 4.92. The Morgan fingerprint density at radius 1 is 1.31 bits per heavy atom. The molecule has 0 radical (unpaired) electrons. The van der Waals surface area contributed by atoms with Crippen LogP contribution in [0, 0.1) is 13.8 Å². The molecule has 1 aromatic rings. The molecule has 0 N–H and O–H groups in total. The number of halogens is 1. The van der Waals surface area contributed by atoms with Crippen LogP contribution in [-0.2, 0) is 4.74 Å². The quantitative estimate of drug-likeness (QED) is 0.791. The van der Waals surface area contributed by atoms with Gasteiger partial charge < -0.3 is 4.74 Å². The molecule has 16 heavy (non-hydrogen) atoms.